The van der Waals surface area contributed by atoms with Crippen molar-refractivity contribution in [1.29, 1.82) is 0 Å². The molecule has 0 spiro atoms. The Morgan fingerprint density at radius 2 is 1.77 bits per heavy atom. The van der Waals surface area contributed by atoms with Crippen LogP contribution in [0.15, 0.2) is 60.0 Å². The number of sulfonamides is 1. The molecule has 3 heterocycles. The largest absolute Gasteiger partial charge is 0.493 e. The molecule has 1 saturated heterocycles. The molecule has 2 aromatic heterocycles. The molecule has 1 fully saturated rings. The SMILES string of the molecule is C=C(C)c1ccc(S(=O)(=O)N[C@@H]2CCN(c3cc(C)nn4c(-c5ccc(OC)c(OC)c5)c(C)nc34)C2)cc1. The van der Waals surface area contributed by atoms with Crippen molar-refractivity contribution in [1.82, 2.24) is 19.3 Å². The second kappa shape index (κ2) is 10.3. The van der Waals surface area contributed by atoms with Gasteiger partial charge in [0, 0.05) is 24.7 Å². The Hall–Kier alpha value is -3.89. The van der Waals surface area contributed by atoms with Crippen LogP contribution in [0.5, 0.6) is 11.5 Å². The third kappa shape index (κ3) is 5.09. The lowest BCUT2D eigenvalue weighted by atomic mass is 10.1. The van der Waals surface area contributed by atoms with E-state index < -0.39 is 10.0 Å². The third-order valence-electron chi connectivity index (χ3n) is 7.03. The lowest BCUT2D eigenvalue weighted by Gasteiger charge is -2.20. The van der Waals surface area contributed by atoms with Crippen molar-refractivity contribution in [3.8, 4) is 22.8 Å². The summed E-state index contributed by atoms with van der Waals surface area (Å²) >= 11 is 0. The minimum atomic E-state index is -3.66. The van der Waals surface area contributed by atoms with E-state index in [0.29, 0.717) is 31.0 Å². The summed E-state index contributed by atoms with van der Waals surface area (Å²) in [6, 6.07) is 14.3. The number of anilines is 1. The second-order valence-corrected chi connectivity index (χ2v) is 11.6. The van der Waals surface area contributed by atoms with Crippen molar-refractivity contribution in [3.63, 3.8) is 0 Å². The van der Waals surface area contributed by atoms with Gasteiger partial charge in [-0.3, -0.25) is 0 Å². The van der Waals surface area contributed by atoms with Gasteiger partial charge in [-0.2, -0.15) is 5.10 Å². The number of rotatable bonds is 8. The average molecular weight is 548 g/mol. The number of nitrogens with zero attached hydrogens (tertiary/aromatic N) is 4. The fourth-order valence-electron chi connectivity index (χ4n) is 5.06. The van der Waals surface area contributed by atoms with Crippen LogP contribution >= 0.6 is 0 Å². The van der Waals surface area contributed by atoms with Gasteiger partial charge >= 0.3 is 0 Å². The van der Waals surface area contributed by atoms with Crippen LogP contribution in [0.2, 0.25) is 0 Å². The number of ether oxygens (including phenoxy) is 2. The quantitative estimate of drug-likeness (QED) is 0.344. The molecule has 1 atom stereocenters. The number of aryl methyl sites for hydroxylation is 2. The van der Waals surface area contributed by atoms with Gasteiger partial charge in [-0.1, -0.05) is 24.3 Å². The van der Waals surface area contributed by atoms with E-state index in [0.717, 1.165) is 45.1 Å². The van der Waals surface area contributed by atoms with Crippen LogP contribution in [-0.2, 0) is 10.0 Å². The number of nitrogens with one attached hydrogen (secondary N) is 1. The lowest BCUT2D eigenvalue weighted by Crippen LogP contribution is -2.37. The molecular formula is C29H33N5O4S. The van der Waals surface area contributed by atoms with Crippen LogP contribution in [0.1, 0.15) is 30.3 Å². The van der Waals surface area contributed by atoms with E-state index in [9.17, 15) is 8.42 Å². The maximum Gasteiger partial charge on any atom is 0.240 e. The van der Waals surface area contributed by atoms with Crippen LogP contribution < -0.4 is 19.1 Å². The normalized spacial score (nSPS) is 15.6. The van der Waals surface area contributed by atoms with Crippen molar-refractivity contribution in [2.24, 2.45) is 0 Å². The Balaban J connectivity index is 1.43. The van der Waals surface area contributed by atoms with Crippen LogP contribution in [-0.4, -0.2) is 56.4 Å². The van der Waals surface area contributed by atoms with Crippen LogP contribution in [0.25, 0.3) is 22.5 Å². The number of hydrogen-bond acceptors (Lipinski definition) is 7. The van der Waals surface area contributed by atoms with Gasteiger partial charge in [-0.25, -0.2) is 22.6 Å². The predicted molar refractivity (Wildman–Crippen MR) is 153 cm³/mol. The van der Waals surface area contributed by atoms with E-state index in [1.165, 1.54) is 0 Å². The molecule has 0 unspecified atom stereocenters. The smallest absolute Gasteiger partial charge is 0.240 e. The van der Waals surface area contributed by atoms with Crippen LogP contribution in [0, 0.1) is 13.8 Å². The Morgan fingerprint density at radius 3 is 2.44 bits per heavy atom. The zero-order chi connectivity index (χ0) is 27.9. The topological polar surface area (TPSA) is 98.1 Å². The monoisotopic (exact) mass is 547 g/mol. The number of allylic oxidation sites excluding steroid dienone is 1. The summed E-state index contributed by atoms with van der Waals surface area (Å²) < 4.78 is 41.8. The number of benzene rings is 2. The molecule has 2 aromatic carbocycles. The average Bonchev–Trinajstić information content (AvgIpc) is 3.50. The first-order chi connectivity index (χ1) is 18.6. The van der Waals surface area contributed by atoms with Crippen molar-refractivity contribution in [3.05, 3.63) is 72.1 Å². The Bertz CT molecular complexity index is 1660. The maximum absolute atomic E-state index is 13.1. The first kappa shape index (κ1) is 26.7. The van der Waals surface area contributed by atoms with Gasteiger partial charge in [0.1, 0.15) is 0 Å². The summed E-state index contributed by atoms with van der Waals surface area (Å²) in [7, 11) is -0.437. The van der Waals surface area contributed by atoms with Crippen molar-refractivity contribution in [2.75, 3.05) is 32.2 Å². The summed E-state index contributed by atoms with van der Waals surface area (Å²) in [5.41, 5.74) is 6.89. The summed E-state index contributed by atoms with van der Waals surface area (Å²) in [6.45, 7) is 10.9. The van der Waals surface area contributed by atoms with E-state index in [4.69, 9.17) is 19.6 Å². The van der Waals surface area contributed by atoms with E-state index in [1.807, 2.05) is 49.6 Å². The van der Waals surface area contributed by atoms with Gasteiger partial charge in [0.15, 0.2) is 17.1 Å². The molecular weight excluding hydrogens is 514 g/mol. The summed E-state index contributed by atoms with van der Waals surface area (Å²) in [5.74, 6) is 1.27. The maximum atomic E-state index is 13.1. The molecule has 0 saturated carbocycles. The highest BCUT2D eigenvalue weighted by atomic mass is 32.2. The molecule has 5 rings (SSSR count). The molecule has 0 radical (unpaired) electrons. The first-order valence-corrected chi connectivity index (χ1v) is 14.2. The van der Waals surface area contributed by atoms with E-state index in [-0.39, 0.29) is 10.9 Å². The molecule has 1 aliphatic rings. The van der Waals surface area contributed by atoms with E-state index >= 15 is 0 Å². The number of methoxy groups -OCH3 is 2. The van der Waals surface area contributed by atoms with E-state index in [1.54, 1.807) is 38.5 Å². The molecule has 0 amide bonds. The molecule has 0 aliphatic carbocycles. The van der Waals surface area contributed by atoms with Gasteiger partial charge in [-0.15, -0.1) is 0 Å². The predicted octanol–water partition coefficient (Wildman–Crippen LogP) is 4.62. The molecule has 9 nitrogen and oxygen atoms in total. The molecule has 4 aromatic rings. The number of imidazole rings is 1. The fraction of sp³-hybridized carbons (Fsp3) is 0.310. The minimum Gasteiger partial charge on any atom is -0.493 e. The highest BCUT2D eigenvalue weighted by Crippen LogP contribution is 2.36. The van der Waals surface area contributed by atoms with Crippen molar-refractivity contribution in [2.45, 2.75) is 38.1 Å². The number of aromatic nitrogens is 3. The van der Waals surface area contributed by atoms with Crippen molar-refractivity contribution < 1.29 is 17.9 Å². The van der Waals surface area contributed by atoms with Crippen LogP contribution in [0.4, 0.5) is 5.69 Å². The van der Waals surface area contributed by atoms with Crippen molar-refractivity contribution >= 4 is 26.9 Å². The Morgan fingerprint density at radius 1 is 1.05 bits per heavy atom. The van der Waals surface area contributed by atoms with E-state index in [2.05, 4.69) is 16.2 Å². The minimum absolute atomic E-state index is 0.231. The zero-order valence-corrected chi connectivity index (χ0v) is 23.7. The third-order valence-corrected chi connectivity index (χ3v) is 8.56. The van der Waals surface area contributed by atoms with Crippen LogP contribution in [0.3, 0.4) is 0 Å². The highest BCUT2D eigenvalue weighted by Gasteiger charge is 2.30. The van der Waals surface area contributed by atoms with Gasteiger partial charge in [-0.05, 0) is 69.2 Å². The van der Waals surface area contributed by atoms with Gasteiger partial charge in [0.2, 0.25) is 10.0 Å². The highest BCUT2D eigenvalue weighted by molar-refractivity contribution is 7.89. The molecule has 1 N–H and O–H groups in total. The van der Waals surface area contributed by atoms with Gasteiger partial charge in [0.25, 0.3) is 0 Å². The number of hydrogen-bond donors (Lipinski definition) is 1. The zero-order valence-electron chi connectivity index (χ0n) is 22.9. The second-order valence-electron chi connectivity index (χ2n) is 9.88. The fourth-order valence-corrected chi connectivity index (χ4v) is 6.32. The number of fused-ring (bicyclic) bond motifs is 1. The molecule has 0 bridgehead atoms. The van der Waals surface area contributed by atoms with Gasteiger partial charge in [0.05, 0.1) is 41.9 Å². The Kier molecular flexibility index (Phi) is 7.09. The first-order valence-electron chi connectivity index (χ1n) is 12.7. The summed E-state index contributed by atoms with van der Waals surface area (Å²) in [6.07, 6.45) is 0.679. The molecule has 1 aliphatic heterocycles. The summed E-state index contributed by atoms with van der Waals surface area (Å²) in [4.78, 5) is 7.30. The summed E-state index contributed by atoms with van der Waals surface area (Å²) in [5, 5.41) is 4.78. The molecule has 10 heteroatoms. The standard InChI is InChI=1S/C29H33N5O4S/c1-18(2)21-7-10-24(11-8-21)39(35,36)32-23-13-14-33(17-23)25-15-19(3)31-34-28(20(4)30-29(25)34)22-9-12-26(37-5)27(16-22)38-6/h7-12,15-16,23,32H,1,13-14,17H2,2-6H3/t23-/m1/s1. The Labute approximate surface area is 229 Å². The molecule has 39 heavy (non-hydrogen) atoms. The molecule has 204 valence electrons. The van der Waals surface area contributed by atoms with Gasteiger partial charge < -0.3 is 14.4 Å². The lowest BCUT2D eigenvalue weighted by molar-refractivity contribution is 0.355.